The van der Waals surface area contributed by atoms with Crippen LogP contribution in [0.15, 0.2) is 24.3 Å². The molecule has 0 saturated carbocycles. The van der Waals surface area contributed by atoms with E-state index in [-0.39, 0.29) is 0 Å². The molecule has 2 N–H and O–H groups in total. The Balaban J connectivity index is 2.82. The van der Waals surface area contributed by atoms with E-state index in [1.54, 1.807) is 13.0 Å². The summed E-state index contributed by atoms with van der Waals surface area (Å²) in [6.07, 6.45) is -1.39. The third-order valence-corrected chi connectivity index (χ3v) is 1.97. The lowest BCUT2D eigenvalue weighted by Crippen LogP contribution is -2.16. The van der Waals surface area contributed by atoms with Gasteiger partial charge < -0.3 is 10.2 Å². The quantitative estimate of drug-likeness (QED) is 0.749. The Morgan fingerprint density at radius 1 is 1.38 bits per heavy atom. The lowest BCUT2D eigenvalue weighted by molar-refractivity contribution is 0.0163. The largest absolute Gasteiger partial charge is 0.390 e. The van der Waals surface area contributed by atoms with Gasteiger partial charge in [0.05, 0.1) is 6.10 Å². The van der Waals surface area contributed by atoms with E-state index in [0.717, 1.165) is 0 Å². The van der Waals surface area contributed by atoms with Crippen LogP contribution in [0.3, 0.4) is 0 Å². The smallest absolute Gasteiger partial charge is 0.123 e. The monoisotopic (exact) mass is 184 g/mol. The highest BCUT2D eigenvalue weighted by molar-refractivity contribution is 5.19. The van der Waals surface area contributed by atoms with Gasteiger partial charge in [-0.15, -0.1) is 0 Å². The highest BCUT2D eigenvalue weighted by Gasteiger charge is 2.16. The van der Waals surface area contributed by atoms with E-state index in [4.69, 9.17) is 0 Å². The van der Waals surface area contributed by atoms with Crippen LogP contribution in [0.1, 0.15) is 25.0 Å². The molecule has 0 aliphatic rings. The molecule has 13 heavy (non-hydrogen) atoms. The first kappa shape index (κ1) is 10.2. The highest BCUT2D eigenvalue weighted by atomic mass is 19.1. The molecular weight excluding hydrogens is 171 g/mol. The van der Waals surface area contributed by atoms with Crippen LogP contribution in [0.4, 0.5) is 4.39 Å². The summed E-state index contributed by atoms with van der Waals surface area (Å²) in [5, 5.41) is 18.8. The van der Waals surface area contributed by atoms with Gasteiger partial charge in [-0.3, -0.25) is 0 Å². The molecule has 2 unspecified atom stereocenters. The van der Waals surface area contributed by atoms with Gasteiger partial charge in [-0.1, -0.05) is 19.1 Å². The van der Waals surface area contributed by atoms with Crippen LogP contribution in [0.25, 0.3) is 0 Å². The summed E-state index contributed by atoms with van der Waals surface area (Å²) in [5.41, 5.74) is 0.411. The molecule has 0 amide bonds. The average molecular weight is 184 g/mol. The van der Waals surface area contributed by atoms with E-state index in [1.165, 1.54) is 18.2 Å². The minimum absolute atomic E-state index is 0.403. The van der Waals surface area contributed by atoms with Gasteiger partial charge >= 0.3 is 0 Å². The van der Waals surface area contributed by atoms with Crippen molar-refractivity contribution in [3.8, 4) is 0 Å². The van der Waals surface area contributed by atoms with Crippen LogP contribution >= 0.6 is 0 Å². The summed E-state index contributed by atoms with van der Waals surface area (Å²) in [6.45, 7) is 1.76. The number of aliphatic hydroxyl groups excluding tert-OH is 2. The lowest BCUT2D eigenvalue weighted by Gasteiger charge is -2.16. The van der Waals surface area contributed by atoms with Gasteiger partial charge in [0.15, 0.2) is 0 Å². The van der Waals surface area contributed by atoms with Gasteiger partial charge in [0, 0.05) is 0 Å². The molecule has 72 valence electrons. The molecule has 0 spiro atoms. The van der Waals surface area contributed by atoms with Gasteiger partial charge in [-0.2, -0.15) is 0 Å². The number of rotatable bonds is 3. The average Bonchev–Trinajstić information content (AvgIpc) is 2.15. The van der Waals surface area contributed by atoms with E-state index in [1.807, 2.05) is 0 Å². The molecule has 1 aromatic carbocycles. The topological polar surface area (TPSA) is 40.5 Å². The maximum absolute atomic E-state index is 12.7. The van der Waals surface area contributed by atoms with Crippen LogP contribution < -0.4 is 0 Å². The zero-order valence-electron chi connectivity index (χ0n) is 7.44. The molecule has 0 aliphatic heterocycles. The van der Waals surface area contributed by atoms with E-state index >= 15 is 0 Å². The first-order valence-corrected chi connectivity index (χ1v) is 4.26. The van der Waals surface area contributed by atoms with Crippen LogP contribution in [0, 0.1) is 5.82 Å². The maximum Gasteiger partial charge on any atom is 0.123 e. The minimum atomic E-state index is -0.999. The Bertz CT molecular complexity index is 275. The molecule has 0 fully saturated rings. The Morgan fingerprint density at radius 3 is 2.62 bits per heavy atom. The number of hydrogen-bond donors (Lipinski definition) is 2. The van der Waals surface area contributed by atoms with E-state index in [0.29, 0.717) is 12.0 Å². The molecule has 1 aromatic rings. The predicted octanol–water partition coefficient (Wildman–Crippen LogP) is 1.63. The van der Waals surface area contributed by atoms with Crippen molar-refractivity contribution in [2.45, 2.75) is 25.6 Å². The zero-order valence-corrected chi connectivity index (χ0v) is 7.44. The third-order valence-electron chi connectivity index (χ3n) is 1.97. The van der Waals surface area contributed by atoms with Gasteiger partial charge in [0.1, 0.15) is 11.9 Å². The van der Waals surface area contributed by atoms with Crippen molar-refractivity contribution < 1.29 is 14.6 Å². The summed E-state index contributed by atoms with van der Waals surface area (Å²) in [6, 6.07) is 5.63. The Labute approximate surface area is 76.6 Å². The molecule has 2 atom stereocenters. The molecule has 0 aromatic heterocycles. The summed E-state index contributed by atoms with van der Waals surface area (Å²) in [7, 11) is 0. The van der Waals surface area contributed by atoms with E-state index in [9.17, 15) is 14.6 Å². The Morgan fingerprint density at radius 2 is 2.08 bits per heavy atom. The molecule has 0 bridgehead atoms. The van der Waals surface area contributed by atoms with Crippen molar-refractivity contribution in [3.63, 3.8) is 0 Å². The van der Waals surface area contributed by atoms with Crippen molar-refractivity contribution in [3.05, 3.63) is 35.6 Å². The van der Waals surface area contributed by atoms with Gasteiger partial charge in [-0.05, 0) is 24.1 Å². The van der Waals surface area contributed by atoms with Gasteiger partial charge in [-0.25, -0.2) is 4.39 Å². The standard InChI is InChI=1S/C10H13FO2/c1-2-9(12)10(13)7-4-3-5-8(11)6-7/h3-6,9-10,12-13H,2H2,1H3. The second-order valence-electron chi connectivity index (χ2n) is 2.98. The van der Waals surface area contributed by atoms with Crippen LogP contribution in [0.5, 0.6) is 0 Å². The molecule has 0 heterocycles. The summed E-state index contributed by atoms with van der Waals surface area (Å²) >= 11 is 0. The third kappa shape index (κ3) is 2.50. The highest BCUT2D eigenvalue weighted by Crippen LogP contribution is 2.19. The number of aliphatic hydroxyl groups is 2. The van der Waals surface area contributed by atoms with Gasteiger partial charge in [0.25, 0.3) is 0 Å². The Hall–Kier alpha value is -0.930. The minimum Gasteiger partial charge on any atom is -0.390 e. The molecule has 3 heteroatoms. The lowest BCUT2D eigenvalue weighted by atomic mass is 10.0. The summed E-state index contributed by atoms with van der Waals surface area (Å²) in [5.74, 6) is -0.403. The molecular formula is C10H13FO2. The second kappa shape index (κ2) is 4.35. The SMILES string of the molecule is CCC(O)C(O)c1cccc(F)c1. The predicted molar refractivity (Wildman–Crippen MR) is 47.7 cm³/mol. The number of benzene rings is 1. The van der Waals surface area contributed by atoms with Crippen molar-refractivity contribution >= 4 is 0 Å². The van der Waals surface area contributed by atoms with Crippen molar-refractivity contribution in [1.29, 1.82) is 0 Å². The van der Waals surface area contributed by atoms with Gasteiger partial charge in [0.2, 0.25) is 0 Å². The summed E-state index contributed by atoms with van der Waals surface area (Å²) < 4.78 is 12.7. The van der Waals surface area contributed by atoms with E-state index in [2.05, 4.69) is 0 Å². The molecule has 0 saturated heterocycles. The maximum atomic E-state index is 12.7. The molecule has 1 rings (SSSR count). The van der Waals surface area contributed by atoms with Crippen LogP contribution in [-0.2, 0) is 0 Å². The first-order chi connectivity index (χ1) is 6.15. The Kier molecular flexibility index (Phi) is 3.39. The molecule has 2 nitrogen and oxygen atoms in total. The van der Waals surface area contributed by atoms with Crippen molar-refractivity contribution in [2.24, 2.45) is 0 Å². The fraction of sp³-hybridized carbons (Fsp3) is 0.400. The fourth-order valence-corrected chi connectivity index (χ4v) is 1.14. The summed E-state index contributed by atoms with van der Waals surface area (Å²) in [4.78, 5) is 0. The fourth-order valence-electron chi connectivity index (χ4n) is 1.14. The zero-order chi connectivity index (χ0) is 9.84. The normalized spacial score (nSPS) is 15.4. The van der Waals surface area contributed by atoms with E-state index < -0.39 is 18.0 Å². The molecule has 0 radical (unpaired) electrons. The molecule has 0 aliphatic carbocycles. The first-order valence-electron chi connectivity index (χ1n) is 4.26. The second-order valence-corrected chi connectivity index (χ2v) is 2.98. The van der Waals surface area contributed by atoms with Crippen molar-refractivity contribution in [1.82, 2.24) is 0 Å². The van der Waals surface area contributed by atoms with Crippen LogP contribution in [0.2, 0.25) is 0 Å². The number of halogens is 1. The van der Waals surface area contributed by atoms with Crippen molar-refractivity contribution in [2.75, 3.05) is 0 Å². The van der Waals surface area contributed by atoms with Crippen LogP contribution in [-0.4, -0.2) is 16.3 Å². The number of hydrogen-bond acceptors (Lipinski definition) is 2.